The summed E-state index contributed by atoms with van der Waals surface area (Å²) in [5, 5.41) is 10.0. The summed E-state index contributed by atoms with van der Waals surface area (Å²) < 4.78 is 5.52. The van der Waals surface area contributed by atoms with Crippen molar-refractivity contribution in [1.29, 1.82) is 0 Å². The van der Waals surface area contributed by atoms with Crippen LogP contribution in [-0.4, -0.2) is 22.8 Å². The average molecular weight is 228 g/mol. The third kappa shape index (κ3) is 3.21. The van der Waals surface area contributed by atoms with Crippen molar-refractivity contribution in [3.63, 3.8) is 0 Å². The number of ether oxygens (including phenoxy) is 1. The Bertz CT molecular complexity index is 257. The maximum atomic E-state index is 11.8. The van der Waals surface area contributed by atoms with E-state index in [0.29, 0.717) is 0 Å². The van der Waals surface area contributed by atoms with Crippen LogP contribution in [0.1, 0.15) is 53.9 Å². The summed E-state index contributed by atoms with van der Waals surface area (Å²) in [7, 11) is 0. The van der Waals surface area contributed by atoms with Crippen molar-refractivity contribution < 1.29 is 14.6 Å². The van der Waals surface area contributed by atoms with Crippen molar-refractivity contribution in [3.8, 4) is 0 Å². The summed E-state index contributed by atoms with van der Waals surface area (Å²) >= 11 is 0. The van der Waals surface area contributed by atoms with Crippen LogP contribution in [0.3, 0.4) is 0 Å². The Morgan fingerprint density at radius 3 is 2.19 bits per heavy atom. The monoisotopic (exact) mass is 228 g/mol. The zero-order valence-electron chi connectivity index (χ0n) is 11.0. The Hall–Kier alpha value is -0.570. The molecule has 0 radical (unpaired) electrons. The molecule has 3 nitrogen and oxygen atoms in total. The molecule has 2 unspecified atom stereocenters. The number of esters is 1. The highest BCUT2D eigenvalue weighted by atomic mass is 16.5. The second-order valence-electron chi connectivity index (χ2n) is 6.38. The Labute approximate surface area is 98.2 Å². The highest BCUT2D eigenvalue weighted by Gasteiger charge is 2.41. The zero-order chi connectivity index (χ0) is 12.6. The summed E-state index contributed by atoms with van der Waals surface area (Å²) in [5.74, 6) is -0.104. The first-order valence-corrected chi connectivity index (χ1v) is 6.06. The number of carbonyl (C=O) groups is 1. The van der Waals surface area contributed by atoms with Gasteiger partial charge in [0, 0.05) is 5.92 Å². The lowest BCUT2D eigenvalue weighted by Crippen LogP contribution is -2.39. The van der Waals surface area contributed by atoms with Crippen LogP contribution in [0.2, 0.25) is 0 Å². The van der Waals surface area contributed by atoms with Gasteiger partial charge in [0.05, 0.1) is 11.0 Å². The normalized spacial score (nSPS) is 26.9. The standard InChI is InChI=1S/C13H24O3/c1-12(2,3)11(14)16-10-8-6-7-9(10)13(4,5)15/h9-10,15H,6-8H2,1-5H3. The van der Waals surface area contributed by atoms with Gasteiger partial charge < -0.3 is 9.84 Å². The molecule has 0 spiro atoms. The van der Waals surface area contributed by atoms with Gasteiger partial charge in [-0.15, -0.1) is 0 Å². The minimum atomic E-state index is -0.765. The first kappa shape index (κ1) is 13.5. The van der Waals surface area contributed by atoms with E-state index in [0.717, 1.165) is 19.3 Å². The Morgan fingerprint density at radius 2 is 1.75 bits per heavy atom. The zero-order valence-corrected chi connectivity index (χ0v) is 11.0. The van der Waals surface area contributed by atoms with Crippen molar-refractivity contribution >= 4 is 5.97 Å². The molecule has 94 valence electrons. The van der Waals surface area contributed by atoms with E-state index in [1.54, 1.807) is 13.8 Å². The quantitative estimate of drug-likeness (QED) is 0.739. The minimum absolute atomic E-state index is 0.0683. The van der Waals surface area contributed by atoms with Gasteiger partial charge in [-0.25, -0.2) is 0 Å². The number of hydrogen-bond acceptors (Lipinski definition) is 3. The van der Waals surface area contributed by atoms with Crippen molar-refractivity contribution in [2.75, 3.05) is 0 Å². The van der Waals surface area contributed by atoms with Crippen LogP contribution in [-0.2, 0) is 9.53 Å². The van der Waals surface area contributed by atoms with Gasteiger partial charge in [0.25, 0.3) is 0 Å². The molecule has 0 saturated heterocycles. The summed E-state index contributed by atoms with van der Waals surface area (Å²) in [6, 6.07) is 0. The molecule has 2 atom stereocenters. The van der Waals surface area contributed by atoms with Crippen molar-refractivity contribution in [3.05, 3.63) is 0 Å². The third-order valence-corrected chi connectivity index (χ3v) is 3.23. The number of rotatable bonds is 2. The van der Waals surface area contributed by atoms with Gasteiger partial charge in [0.15, 0.2) is 0 Å². The molecule has 1 saturated carbocycles. The highest BCUT2D eigenvalue weighted by Crippen LogP contribution is 2.37. The maximum absolute atomic E-state index is 11.8. The first-order valence-electron chi connectivity index (χ1n) is 6.06. The molecule has 1 rings (SSSR count). The molecule has 0 aromatic carbocycles. The second-order valence-corrected chi connectivity index (χ2v) is 6.38. The Kier molecular flexibility index (Phi) is 3.68. The van der Waals surface area contributed by atoms with Crippen LogP contribution in [0.4, 0.5) is 0 Å². The van der Waals surface area contributed by atoms with E-state index >= 15 is 0 Å². The lowest BCUT2D eigenvalue weighted by molar-refractivity contribution is -0.164. The molecular weight excluding hydrogens is 204 g/mol. The van der Waals surface area contributed by atoms with Gasteiger partial charge in [0.1, 0.15) is 6.10 Å². The van der Waals surface area contributed by atoms with E-state index in [1.807, 2.05) is 20.8 Å². The molecule has 0 aromatic rings. The van der Waals surface area contributed by atoms with Gasteiger partial charge >= 0.3 is 5.97 Å². The van der Waals surface area contributed by atoms with Gasteiger partial charge in [-0.3, -0.25) is 4.79 Å². The molecule has 0 aliphatic heterocycles. The van der Waals surface area contributed by atoms with Crippen LogP contribution in [0, 0.1) is 11.3 Å². The second kappa shape index (κ2) is 4.36. The molecule has 0 bridgehead atoms. The van der Waals surface area contributed by atoms with Crippen LogP contribution in [0.25, 0.3) is 0 Å². The number of aliphatic hydroxyl groups is 1. The fourth-order valence-electron chi connectivity index (χ4n) is 2.19. The Balaban J connectivity index is 2.64. The lowest BCUT2D eigenvalue weighted by atomic mass is 9.87. The van der Waals surface area contributed by atoms with Gasteiger partial charge in [-0.2, -0.15) is 0 Å². The van der Waals surface area contributed by atoms with Crippen LogP contribution < -0.4 is 0 Å². The molecule has 0 aromatic heterocycles. The van der Waals surface area contributed by atoms with Crippen molar-refractivity contribution in [2.24, 2.45) is 11.3 Å². The first-order chi connectivity index (χ1) is 7.12. The molecular formula is C13H24O3. The van der Waals surface area contributed by atoms with Crippen molar-refractivity contribution in [2.45, 2.75) is 65.6 Å². The predicted octanol–water partition coefficient (Wildman–Crippen LogP) is 2.52. The van der Waals surface area contributed by atoms with Gasteiger partial charge in [-0.05, 0) is 53.9 Å². The highest BCUT2D eigenvalue weighted by molar-refractivity contribution is 5.75. The average Bonchev–Trinajstić information content (AvgIpc) is 2.49. The van der Waals surface area contributed by atoms with E-state index in [1.165, 1.54) is 0 Å². The lowest BCUT2D eigenvalue weighted by Gasteiger charge is -2.32. The van der Waals surface area contributed by atoms with E-state index < -0.39 is 11.0 Å². The van der Waals surface area contributed by atoms with E-state index in [-0.39, 0.29) is 18.0 Å². The molecule has 0 amide bonds. The SMILES string of the molecule is CC(C)(C)C(=O)OC1CCCC1C(C)(C)O. The molecule has 3 heteroatoms. The van der Waals surface area contributed by atoms with Crippen LogP contribution in [0.15, 0.2) is 0 Å². The van der Waals surface area contributed by atoms with Gasteiger partial charge in [0.2, 0.25) is 0 Å². The van der Waals surface area contributed by atoms with Crippen LogP contribution in [0.5, 0.6) is 0 Å². The fourth-order valence-corrected chi connectivity index (χ4v) is 2.19. The van der Waals surface area contributed by atoms with E-state index in [2.05, 4.69) is 0 Å². The molecule has 16 heavy (non-hydrogen) atoms. The third-order valence-electron chi connectivity index (χ3n) is 3.23. The predicted molar refractivity (Wildman–Crippen MR) is 63.0 cm³/mol. The van der Waals surface area contributed by atoms with Crippen molar-refractivity contribution in [1.82, 2.24) is 0 Å². The summed E-state index contributed by atoms with van der Waals surface area (Å²) in [6.45, 7) is 9.14. The molecule has 0 heterocycles. The topological polar surface area (TPSA) is 46.5 Å². The fraction of sp³-hybridized carbons (Fsp3) is 0.923. The van der Waals surface area contributed by atoms with Gasteiger partial charge in [-0.1, -0.05) is 0 Å². The number of hydrogen-bond donors (Lipinski definition) is 1. The molecule has 1 aliphatic rings. The maximum Gasteiger partial charge on any atom is 0.311 e. The van der Waals surface area contributed by atoms with E-state index in [4.69, 9.17) is 4.74 Å². The molecule has 1 fully saturated rings. The number of carbonyl (C=O) groups excluding carboxylic acids is 1. The largest absolute Gasteiger partial charge is 0.462 e. The molecule has 1 N–H and O–H groups in total. The summed E-state index contributed by atoms with van der Waals surface area (Å²) in [5.41, 5.74) is -1.23. The Morgan fingerprint density at radius 1 is 1.19 bits per heavy atom. The smallest absolute Gasteiger partial charge is 0.311 e. The molecule has 1 aliphatic carbocycles. The summed E-state index contributed by atoms with van der Waals surface area (Å²) in [4.78, 5) is 11.8. The summed E-state index contributed by atoms with van der Waals surface area (Å²) in [6.07, 6.45) is 2.71. The van der Waals surface area contributed by atoms with E-state index in [9.17, 15) is 9.90 Å². The minimum Gasteiger partial charge on any atom is -0.462 e. The van der Waals surface area contributed by atoms with Crippen LogP contribution >= 0.6 is 0 Å².